The predicted octanol–water partition coefficient (Wildman–Crippen LogP) is 1.02. The van der Waals surface area contributed by atoms with Gasteiger partial charge < -0.3 is 9.84 Å². The normalized spacial score (nSPS) is 11.5. The molecule has 96 valence electrons. The second kappa shape index (κ2) is 5.78. The average molecular weight is 267 g/mol. The number of alkyl halides is 2. The first-order chi connectivity index (χ1) is 7.94. The largest absolute Gasteiger partial charge is 0.433 e. The number of anilines is 1. The van der Waals surface area contributed by atoms with Gasteiger partial charge in [0.25, 0.3) is 0 Å². The summed E-state index contributed by atoms with van der Waals surface area (Å²) >= 11 is 0. The van der Waals surface area contributed by atoms with Crippen molar-refractivity contribution in [2.45, 2.75) is 6.61 Å². The molecule has 1 rings (SSSR count). The Hall–Kier alpha value is -1.41. The van der Waals surface area contributed by atoms with E-state index in [0.717, 1.165) is 0 Å². The third-order valence-corrected chi connectivity index (χ3v) is 2.98. The average Bonchev–Trinajstić information content (AvgIpc) is 2.19. The first kappa shape index (κ1) is 13.7. The maximum atomic E-state index is 12.0. The molecular weight excluding hydrogens is 256 g/mol. The van der Waals surface area contributed by atoms with Crippen LogP contribution in [0.3, 0.4) is 0 Å². The Morgan fingerprint density at radius 3 is 2.59 bits per heavy atom. The van der Waals surface area contributed by atoms with Crippen LogP contribution in [-0.4, -0.2) is 32.5 Å². The number of ether oxygens (including phenoxy) is 1. The highest BCUT2D eigenvalue weighted by atomic mass is 32.2. The van der Waals surface area contributed by atoms with Gasteiger partial charge in [0.2, 0.25) is 10.0 Å². The highest BCUT2D eigenvalue weighted by Crippen LogP contribution is 2.26. The van der Waals surface area contributed by atoms with E-state index in [1.54, 1.807) is 0 Å². The van der Waals surface area contributed by atoms with E-state index in [1.807, 2.05) is 4.72 Å². The number of hydrogen-bond donors (Lipinski definition) is 2. The molecule has 0 aliphatic heterocycles. The van der Waals surface area contributed by atoms with E-state index in [9.17, 15) is 17.2 Å². The van der Waals surface area contributed by atoms with Crippen molar-refractivity contribution in [1.29, 1.82) is 0 Å². The lowest BCUT2D eigenvalue weighted by Crippen LogP contribution is -2.19. The van der Waals surface area contributed by atoms with Gasteiger partial charge in [-0.05, 0) is 12.1 Å². The number of aliphatic hydroxyl groups is 1. The lowest BCUT2D eigenvalue weighted by atomic mass is 10.3. The Labute approximate surface area is 97.1 Å². The van der Waals surface area contributed by atoms with Crippen molar-refractivity contribution in [3.63, 3.8) is 0 Å². The molecular formula is C9H11F2NO4S. The van der Waals surface area contributed by atoms with Gasteiger partial charge in [0.05, 0.1) is 18.0 Å². The fourth-order valence-electron chi connectivity index (χ4n) is 1.09. The number of halogens is 2. The van der Waals surface area contributed by atoms with Crippen LogP contribution in [0.5, 0.6) is 5.75 Å². The minimum atomic E-state index is -3.77. The predicted molar refractivity (Wildman–Crippen MR) is 57.6 cm³/mol. The lowest BCUT2D eigenvalue weighted by molar-refractivity contribution is -0.0493. The Balaban J connectivity index is 2.90. The van der Waals surface area contributed by atoms with Crippen molar-refractivity contribution in [3.05, 3.63) is 24.3 Å². The summed E-state index contributed by atoms with van der Waals surface area (Å²) in [6.45, 7) is -3.61. The molecule has 0 saturated carbocycles. The standard InChI is InChI=1S/C9H11F2NO4S/c10-9(11)16-8-4-2-1-3-7(8)12-17(14,15)6-5-13/h1-4,9,12-13H,5-6H2. The van der Waals surface area contributed by atoms with Gasteiger partial charge in [-0.15, -0.1) is 0 Å². The van der Waals surface area contributed by atoms with Gasteiger partial charge in [0, 0.05) is 0 Å². The maximum Gasteiger partial charge on any atom is 0.387 e. The van der Waals surface area contributed by atoms with Crippen molar-refractivity contribution in [2.75, 3.05) is 17.1 Å². The van der Waals surface area contributed by atoms with E-state index in [2.05, 4.69) is 4.74 Å². The van der Waals surface area contributed by atoms with Crippen molar-refractivity contribution < 1.29 is 27.0 Å². The summed E-state index contributed by atoms with van der Waals surface area (Å²) in [6, 6.07) is 5.40. The first-order valence-electron chi connectivity index (χ1n) is 4.60. The first-order valence-corrected chi connectivity index (χ1v) is 6.25. The van der Waals surface area contributed by atoms with Crippen LogP contribution in [0.4, 0.5) is 14.5 Å². The maximum absolute atomic E-state index is 12.0. The summed E-state index contributed by atoms with van der Waals surface area (Å²) in [5.41, 5.74) is -0.0961. The minimum absolute atomic E-state index is 0.0961. The van der Waals surface area contributed by atoms with E-state index in [0.29, 0.717) is 0 Å². The Bertz CT molecular complexity index is 464. The second-order valence-corrected chi connectivity index (χ2v) is 4.86. The third kappa shape index (κ3) is 4.53. The number of hydrogen-bond acceptors (Lipinski definition) is 4. The lowest BCUT2D eigenvalue weighted by Gasteiger charge is -2.12. The van der Waals surface area contributed by atoms with Crippen molar-refractivity contribution in [3.8, 4) is 5.75 Å². The van der Waals surface area contributed by atoms with Crippen LogP contribution in [0.2, 0.25) is 0 Å². The molecule has 0 atom stereocenters. The van der Waals surface area contributed by atoms with Gasteiger partial charge in [-0.2, -0.15) is 8.78 Å². The summed E-state index contributed by atoms with van der Waals surface area (Å²) in [7, 11) is -3.77. The van der Waals surface area contributed by atoms with Crippen molar-refractivity contribution in [1.82, 2.24) is 0 Å². The van der Waals surface area contributed by atoms with Crippen LogP contribution in [0.15, 0.2) is 24.3 Å². The summed E-state index contributed by atoms with van der Waals surface area (Å²) in [5, 5.41) is 8.52. The van der Waals surface area contributed by atoms with Gasteiger partial charge >= 0.3 is 6.61 Å². The van der Waals surface area contributed by atoms with E-state index in [1.165, 1.54) is 24.3 Å². The van der Waals surface area contributed by atoms with Crippen LogP contribution >= 0.6 is 0 Å². The van der Waals surface area contributed by atoms with Gasteiger partial charge in [0.15, 0.2) is 0 Å². The smallest absolute Gasteiger partial charge is 0.387 e. The van der Waals surface area contributed by atoms with Crippen molar-refractivity contribution in [2.24, 2.45) is 0 Å². The van der Waals surface area contributed by atoms with Crippen LogP contribution in [-0.2, 0) is 10.0 Å². The van der Waals surface area contributed by atoms with E-state index in [4.69, 9.17) is 5.11 Å². The molecule has 0 amide bonds. The molecule has 0 bridgehead atoms. The van der Waals surface area contributed by atoms with Gasteiger partial charge in [-0.3, -0.25) is 4.72 Å². The molecule has 0 fully saturated rings. The molecule has 0 unspecified atom stereocenters. The zero-order chi connectivity index (χ0) is 12.9. The van der Waals surface area contributed by atoms with Gasteiger partial charge in [-0.1, -0.05) is 12.1 Å². The van der Waals surface area contributed by atoms with Crippen LogP contribution in [0.1, 0.15) is 0 Å². The zero-order valence-electron chi connectivity index (χ0n) is 8.64. The summed E-state index contributed by atoms with van der Waals surface area (Å²) in [4.78, 5) is 0. The van der Waals surface area contributed by atoms with E-state index < -0.39 is 29.0 Å². The van der Waals surface area contributed by atoms with Crippen molar-refractivity contribution >= 4 is 15.7 Å². The molecule has 0 heterocycles. The molecule has 0 aliphatic rings. The Morgan fingerprint density at radius 1 is 1.35 bits per heavy atom. The number of para-hydroxylation sites is 2. The minimum Gasteiger partial charge on any atom is -0.433 e. The molecule has 17 heavy (non-hydrogen) atoms. The fraction of sp³-hybridized carbons (Fsp3) is 0.333. The number of aliphatic hydroxyl groups excluding tert-OH is 1. The molecule has 1 aromatic rings. The Morgan fingerprint density at radius 2 is 2.00 bits per heavy atom. The Kier molecular flexibility index (Phi) is 4.64. The monoisotopic (exact) mass is 267 g/mol. The molecule has 8 heteroatoms. The molecule has 0 aliphatic carbocycles. The zero-order valence-corrected chi connectivity index (χ0v) is 9.45. The molecule has 0 saturated heterocycles. The molecule has 0 spiro atoms. The number of benzene rings is 1. The highest BCUT2D eigenvalue weighted by Gasteiger charge is 2.14. The molecule has 5 nitrogen and oxygen atoms in total. The van der Waals surface area contributed by atoms with Crippen LogP contribution in [0.25, 0.3) is 0 Å². The number of nitrogens with one attached hydrogen (secondary N) is 1. The van der Waals surface area contributed by atoms with E-state index >= 15 is 0 Å². The summed E-state index contributed by atoms with van der Waals surface area (Å²) in [5.74, 6) is -0.792. The molecule has 1 aromatic carbocycles. The highest BCUT2D eigenvalue weighted by molar-refractivity contribution is 7.92. The fourth-order valence-corrected chi connectivity index (χ4v) is 1.93. The third-order valence-electron chi connectivity index (χ3n) is 1.73. The molecule has 0 radical (unpaired) electrons. The molecule has 0 aromatic heterocycles. The van der Waals surface area contributed by atoms with E-state index in [-0.39, 0.29) is 11.4 Å². The van der Waals surface area contributed by atoms with Crippen LogP contribution < -0.4 is 9.46 Å². The molecule has 2 N–H and O–H groups in total. The van der Waals surface area contributed by atoms with Gasteiger partial charge in [0.1, 0.15) is 5.75 Å². The topological polar surface area (TPSA) is 75.6 Å². The second-order valence-electron chi connectivity index (χ2n) is 3.02. The van der Waals surface area contributed by atoms with Gasteiger partial charge in [-0.25, -0.2) is 8.42 Å². The number of sulfonamides is 1. The summed E-state index contributed by atoms with van der Waals surface area (Å²) in [6.07, 6.45) is 0. The number of rotatable bonds is 6. The quantitative estimate of drug-likeness (QED) is 0.807. The summed E-state index contributed by atoms with van der Waals surface area (Å²) < 4.78 is 52.9. The SMILES string of the molecule is O=S(=O)(CCO)Nc1ccccc1OC(F)F. The van der Waals surface area contributed by atoms with Crippen LogP contribution in [0, 0.1) is 0 Å².